The molecule has 1 aliphatic rings. The first kappa shape index (κ1) is 21.3. The van der Waals surface area contributed by atoms with Gasteiger partial charge in [0.2, 0.25) is 5.91 Å². The van der Waals surface area contributed by atoms with Gasteiger partial charge in [0.05, 0.1) is 35.1 Å². The van der Waals surface area contributed by atoms with Crippen LogP contribution in [-0.4, -0.2) is 45.6 Å². The van der Waals surface area contributed by atoms with Gasteiger partial charge in [0, 0.05) is 38.7 Å². The summed E-state index contributed by atoms with van der Waals surface area (Å²) < 4.78 is 1.97. The van der Waals surface area contributed by atoms with Gasteiger partial charge in [-0.05, 0) is 17.7 Å². The normalized spacial score (nSPS) is 13.6. The van der Waals surface area contributed by atoms with Crippen molar-refractivity contribution in [2.24, 2.45) is 0 Å². The van der Waals surface area contributed by atoms with Crippen molar-refractivity contribution >= 4 is 17.5 Å². The smallest absolute Gasteiger partial charge is 0.227 e. The number of amides is 1. The third kappa shape index (κ3) is 4.73. The zero-order valence-electron chi connectivity index (χ0n) is 17.8. The van der Waals surface area contributed by atoms with Gasteiger partial charge in [-0.15, -0.1) is 6.58 Å². The fourth-order valence-corrected chi connectivity index (χ4v) is 4.26. The van der Waals surface area contributed by atoms with Gasteiger partial charge in [-0.25, -0.2) is 4.68 Å². The van der Waals surface area contributed by atoms with Crippen LogP contribution >= 0.6 is 11.6 Å². The van der Waals surface area contributed by atoms with E-state index in [2.05, 4.69) is 11.5 Å². The fraction of sp³-hybridized carbons (Fsp3) is 0.280. The Bertz CT molecular complexity index is 1080. The highest BCUT2D eigenvalue weighted by atomic mass is 35.5. The maximum absolute atomic E-state index is 12.8. The van der Waals surface area contributed by atoms with Crippen LogP contribution in [0.5, 0.6) is 0 Å². The number of carbonyl (C=O) groups is 1. The Hall–Kier alpha value is -2.89. The van der Waals surface area contributed by atoms with Crippen LogP contribution in [0.2, 0.25) is 5.02 Å². The van der Waals surface area contributed by atoms with E-state index in [4.69, 9.17) is 16.7 Å². The van der Waals surface area contributed by atoms with E-state index in [1.165, 1.54) is 11.3 Å². The molecule has 0 bridgehead atoms. The predicted octanol–water partition coefficient (Wildman–Crippen LogP) is 4.27. The van der Waals surface area contributed by atoms with E-state index >= 15 is 0 Å². The van der Waals surface area contributed by atoms with Crippen molar-refractivity contribution in [2.75, 3.05) is 20.1 Å². The van der Waals surface area contributed by atoms with E-state index in [0.29, 0.717) is 18.0 Å². The van der Waals surface area contributed by atoms with Crippen LogP contribution in [-0.2, 0) is 30.7 Å². The highest BCUT2D eigenvalue weighted by Crippen LogP contribution is 2.29. The fourth-order valence-electron chi connectivity index (χ4n) is 4.05. The molecule has 31 heavy (non-hydrogen) atoms. The number of benzene rings is 2. The van der Waals surface area contributed by atoms with E-state index in [1.54, 1.807) is 4.90 Å². The second-order valence-corrected chi connectivity index (χ2v) is 8.33. The van der Waals surface area contributed by atoms with Gasteiger partial charge in [-0.3, -0.25) is 9.69 Å². The molecule has 0 saturated carbocycles. The second-order valence-electron chi connectivity index (χ2n) is 7.92. The first-order chi connectivity index (χ1) is 15.1. The lowest BCUT2D eigenvalue weighted by Crippen LogP contribution is -2.32. The molecule has 0 radical (unpaired) electrons. The molecule has 3 aromatic rings. The quantitative estimate of drug-likeness (QED) is 0.521. The van der Waals surface area contributed by atoms with Crippen molar-refractivity contribution < 1.29 is 4.79 Å². The van der Waals surface area contributed by atoms with Crippen LogP contribution in [0, 0.1) is 0 Å². The molecule has 4 rings (SSSR count). The largest absolute Gasteiger partial charge is 0.339 e. The topological polar surface area (TPSA) is 41.4 Å². The molecular formula is C25H27ClN4O. The van der Waals surface area contributed by atoms with Gasteiger partial charge >= 0.3 is 0 Å². The van der Waals surface area contributed by atoms with E-state index < -0.39 is 0 Å². The molecule has 1 amide bonds. The molecule has 0 atom stereocenters. The molecule has 2 heterocycles. The van der Waals surface area contributed by atoms with Gasteiger partial charge in [-0.1, -0.05) is 60.1 Å². The summed E-state index contributed by atoms with van der Waals surface area (Å²) >= 11 is 6.49. The zero-order valence-corrected chi connectivity index (χ0v) is 18.6. The minimum atomic E-state index is 0.0750. The maximum atomic E-state index is 12.8. The van der Waals surface area contributed by atoms with Crippen molar-refractivity contribution in [3.8, 4) is 5.69 Å². The SMILES string of the molecule is C=CCN1CCc2c(c(CN(C)C(=O)Cc3ccccc3)nn2-c2ccccc2Cl)C1. The summed E-state index contributed by atoms with van der Waals surface area (Å²) in [5.41, 5.74) is 5.18. The van der Waals surface area contributed by atoms with Crippen molar-refractivity contribution in [1.29, 1.82) is 0 Å². The summed E-state index contributed by atoms with van der Waals surface area (Å²) in [6, 6.07) is 17.6. The number of nitrogens with zero attached hydrogens (tertiary/aromatic N) is 4. The van der Waals surface area contributed by atoms with Crippen molar-refractivity contribution in [2.45, 2.75) is 25.9 Å². The van der Waals surface area contributed by atoms with Crippen molar-refractivity contribution in [3.63, 3.8) is 0 Å². The number of hydrogen-bond acceptors (Lipinski definition) is 3. The predicted molar refractivity (Wildman–Crippen MR) is 124 cm³/mol. The number of aromatic nitrogens is 2. The molecule has 0 saturated heterocycles. The molecule has 1 aliphatic heterocycles. The lowest BCUT2D eigenvalue weighted by atomic mass is 10.0. The van der Waals surface area contributed by atoms with Crippen LogP contribution in [0.25, 0.3) is 5.69 Å². The Kier molecular flexibility index (Phi) is 6.54. The summed E-state index contributed by atoms with van der Waals surface area (Å²) in [5, 5.41) is 5.60. The number of likely N-dealkylation sites (N-methyl/N-ethyl adjacent to an activating group) is 1. The Morgan fingerprint density at radius 1 is 1.19 bits per heavy atom. The zero-order chi connectivity index (χ0) is 21.8. The van der Waals surface area contributed by atoms with Gasteiger partial charge < -0.3 is 4.90 Å². The molecule has 1 aromatic heterocycles. The number of halogens is 1. The molecule has 6 heteroatoms. The third-order valence-corrected chi connectivity index (χ3v) is 6.02. The van der Waals surface area contributed by atoms with Crippen LogP contribution < -0.4 is 0 Å². The standard InChI is InChI=1S/C25H27ClN4O/c1-3-14-29-15-13-23-20(17-29)22(27-30(23)24-12-8-7-11-21(24)26)18-28(2)25(31)16-19-9-5-4-6-10-19/h3-12H,1,13-18H2,2H3. The highest BCUT2D eigenvalue weighted by Gasteiger charge is 2.27. The number of rotatable bonds is 7. The molecule has 0 spiro atoms. The summed E-state index contributed by atoms with van der Waals surface area (Å²) in [4.78, 5) is 16.9. The summed E-state index contributed by atoms with van der Waals surface area (Å²) in [7, 11) is 1.84. The molecule has 0 aliphatic carbocycles. The van der Waals surface area contributed by atoms with Crippen LogP contribution in [0.1, 0.15) is 22.5 Å². The Morgan fingerprint density at radius 3 is 2.68 bits per heavy atom. The van der Waals surface area contributed by atoms with Gasteiger partial charge in [0.25, 0.3) is 0 Å². The summed E-state index contributed by atoms with van der Waals surface area (Å²) in [6.45, 7) is 6.91. The third-order valence-electron chi connectivity index (χ3n) is 5.70. The van der Waals surface area contributed by atoms with Crippen LogP contribution in [0.15, 0.2) is 67.3 Å². The lowest BCUT2D eigenvalue weighted by Gasteiger charge is -2.27. The van der Waals surface area contributed by atoms with Crippen molar-refractivity contribution in [3.05, 3.63) is 94.8 Å². The molecule has 0 unspecified atom stereocenters. The first-order valence-electron chi connectivity index (χ1n) is 10.5. The van der Waals surface area contributed by atoms with Crippen molar-refractivity contribution in [1.82, 2.24) is 19.6 Å². The Morgan fingerprint density at radius 2 is 1.94 bits per heavy atom. The molecule has 0 fully saturated rings. The molecule has 0 N–H and O–H groups in total. The average Bonchev–Trinajstić information content (AvgIpc) is 3.12. The molecule has 2 aromatic carbocycles. The lowest BCUT2D eigenvalue weighted by molar-refractivity contribution is -0.129. The molecule has 160 valence electrons. The molecular weight excluding hydrogens is 408 g/mol. The van der Waals surface area contributed by atoms with Gasteiger partial charge in [0.1, 0.15) is 0 Å². The summed E-state index contributed by atoms with van der Waals surface area (Å²) in [5.74, 6) is 0.0750. The second kappa shape index (κ2) is 9.50. The highest BCUT2D eigenvalue weighted by molar-refractivity contribution is 6.32. The van der Waals surface area contributed by atoms with Gasteiger partial charge in [-0.2, -0.15) is 5.10 Å². The maximum Gasteiger partial charge on any atom is 0.227 e. The summed E-state index contributed by atoms with van der Waals surface area (Å²) in [6.07, 6.45) is 3.19. The van der Waals surface area contributed by atoms with E-state index in [-0.39, 0.29) is 5.91 Å². The first-order valence-corrected chi connectivity index (χ1v) is 10.9. The van der Waals surface area contributed by atoms with E-state index in [0.717, 1.165) is 43.0 Å². The average molecular weight is 435 g/mol. The van der Waals surface area contributed by atoms with E-state index in [9.17, 15) is 4.79 Å². The Labute approximate surface area is 188 Å². The number of hydrogen-bond donors (Lipinski definition) is 0. The number of para-hydroxylation sites is 1. The Balaban J connectivity index is 1.63. The molecule has 5 nitrogen and oxygen atoms in total. The minimum absolute atomic E-state index is 0.0750. The van der Waals surface area contributed by atoms with Crippen LogP contribution in [0.4, 0.5) is 0 Å². The van der Waals surface area contributed by atoms with E-state index in [1.807, 2.05) is 72.4 Å². The number of carbonyl (C=O) groups excluding carboxylic acids is 1. The van der Waals surface area contributed by atoms with Gasteiger partial charge in [0.15, 0.2) is 0 Å². The van der Waals surface area contributed by atoms with Crippen LogP contribution in [0.3, 0.4) is 0 Å². The minimum Gasteiger partial charge on any atom is -0.339 e. The number of fused-ring (bicyclic) bond motifs is 1. The monoisotopic (exact) mass is 434 g/mol.